The Kier molecular flexibility index (Phi) is 5.68. The van der Waals surface area contributed by atoms with Gasteiger partial charge >= 0.3 is 0 Å². The Bertz CT molecular complexity index is 632. The molecule has 0 unspecified atom stereocenters. The van der Waals surface area contributed by atoms with Crippen LogP contribution in [0, 0.1) is 0 Å². The summed E-state index contributed by atoms with van der Waals surface area (Å²) in [6.45, 7) is 6.93. The predicted molar refractivity (Wildman–Crippen MR) is 93.1 cm³/mol. The van der Waals surface area contributed by atoms with Crippen molar-refractivity contribution in [2.24, 2.45) is 0 Å². The van der Waals surface area contributed by atoms with E-state index in [0.29, 0.717) is 0 Å². The molecular formula is C17H26N2O3S. The molecule has 0 aliphatic carbocycles. The summed E-state index contributed by atoms with van der Waals surface area (Å²) in [6, 6.07) is 6.99. The summed E-state index contributed by atoms with van der Waals surface area (Å²) < 4.78 is 23.9. The van der Waals surface area contributed by atoms with Crippen molar-refractivity contribution >= 4 is 21.4 Å². The number of hydrogen-bond donors (Lipinski definition) is 1. The lowest BCUT2D eigenvalue weighted by Crippen LogP contribution is -2.39. The fraction of sp³-hybridized carbons (Fsp3) is 0.588. The van der Waals surface area contributed by atoms with Crippen molar-refractivity contribution in [2.45, 2.75) is 50.7 Å². The molecule has 128 valence electrons. The van der Waals surface area contributed by atoms with Gasteiger partial charge in [-0.15, -0.1) is 0 Å². The summed E-state index contributed by atoms with van der Waals surface area (Å²) in [5, 5.41) is 2.81. The summed E-state index contributed by atoms with van der Waals surface area (Å²) in [7, 11) is -3.09. The molecule has 1 aromatic carbocycles. The van der Waals surface area contributed by atoms with Crippen molar-refractivity contribution in [3.63, 3.8) is 0 Å². The van der Waals surface area contributed by atoms with Crippen molar-refractivity contribution in [1.29, 1.82) is 0 Å². The molecule has 1 atom stereocenters. The van der Waals surface area contributed by atoms with Gasteiger partial charge in [0.05, 0.1) is 11.0 Å². The van der Waals surface area contributed by atoms with E-state index in [9.17, 15) is 13.2 Å². The highest BCUT2D eigenvalue weighted by molar-refractivity contribution is 7.91. The molecule has 1 heterocycles. The van der Waals surface area contributed by atoms with Crippen molar-refractivity contribution < 1.29 is 13.2 Å². The number of anilines is 1. The number of sulfone groups is 1. The SMILES string of the molecule is CC(C)S(=O)(=O)Cc1ccc(N[C@@H](C)C(=O)N2CCCC2)cc1. The van der Waals surface area contributed by atoms with Crippen LogP contribution in [0.2, 0.25) is 0 Å². The Labute approximate surface area is 139 Å². The Hall–Kier alpha value is -1.56. The molecule has 1 amide bonds. The highest BCUT2D eigenvalue weighted by atomic mass is 32.2. The van der Waals surface area contributed by atoms with E-state index in [2.05, 4.69) is 5.32 Å². The predicted octanol–water partition coefficient (Wildman–Crippen LogP) is 2.43. The number of nitrogens with one attached hydrogen (secondary N) is 1. The average Bonchev–Trinajstić information content (AvgIpc) is 3.02. The molecule has 23 heavy (non-hydrogen) atoms. The monoisotopic (exact) mass is 338 g/mol. The molecule has 1 saturated heterocycles. The first kappa shape index (κ1) is 17.8. The first-order valence-corrected chi connectivity index (χ1v) is 9.87. The molecule has 1 aliphatic heterocycles. The van der Waals surface area contributed by atoms with Crippen molar-refractivity contribution in [1.82, 2.24) is 4.90 Å². The van der Waals surface area contributed by atoms with Crippen LogP contribution in [0.1, 0.15) is 39.2 Å². The Morgan fingerprint density at radius 1 is 1.13 bits per heavy atom. The van der Waals surface area contributed by atoms with E-state index in [-0.39, 0.29) is 23.0 Å². The van der Waals surface area contributed by atoms with E-state index in [0.717, 1.165) is 37.2 Å². The molecule has 0 aromatic heterocycles. The van der Waals surface area contributed by atoms with Crippen LogP contribution in [-0.2, 0) is 20.4 Å². The van der Waals surface area contributed by atoms with Crippen molar-refractivity contribution in [3.8, 4) is 0 Å². The third-order valence-electron chi connectivity index (χ3n) is 4.21. The summed E-state index contributed by atoms with van der Waals surface area (Å²) in [5.74, 6) is 0.168. The molecule has 1 fully saturated rings. The first-order chi connectivity index (χ1) is 10.8. The highest BCUT2D eigenvalue weighted by Crippen LogP contribution is 2.16. The van der Waals surface area contributed by atoms with Gasteiger partial charge in [-0.25, -0.2) is 8.42 Å². The Morgan fingerprint density at radius 2 is 1.70 bits per heavy atom. The van der Waals surface area contributed by atoms with E-state index in [1.807, 2.05) is 24.0 Å². The van der Waals surface area contributed by atoms with Gasteiger partial charge in [-0.05, 0) is 51.3 Å². The number of carbonyl (C=O) groups excluding carboxylic acids is 1. The summed E-state index contributed by atoms with van der Waals surface area (Å²) in [6.07, 6.45) is 2.16. The summed E-state index contributed by atoms with van der Waals surface area (Å²) in [5.41, 5.74) is 1.60. The number of rotatable bonds is 6. The van der Waals surface area contributed by atoms with E-state index in [4.69, 9.17) is 0 Å². The molecule has 1 aliphatic rings. The van der Waals surface area contributed by atoms with Crippen molar-refractivity contribution in [2.75, 3.05) is 18.4 Å². The quantitative estimate of drug-likeness (QED) is 0.865. The lowest BCUT2D eigenvalue weighted by atomic mass is 10.2. The average molecular weight is 338 g/mol. The van der Waals surface area contributed by atoms with Gasteiger partial charge in [0, 0.05) is 18.8 Å². The molecule has 0 spiro atoms. The van der Waals surface area contributed by atoms with Crippen LogP contribution in [0.3, 0.4) is 0 Å². The standard InChI is InChI=1S/C17H26N2O3S/c1-13(2)23(21,22)12-15-6-8-16(9-7-15)18-14(3)17(20)19-10-4-5-11-19/h6-9,13-14,18H,4-5,10-12H2,1-3H3/t14-/m0/s1. The third-order valence-corrected chi connectivity index (χ3v) is 6.38. The van der Waals surface area contributed by atoms with Crippen LogP contribution in [0.5, 0.6) is 0 Å². The topological polar surface area (TPSA) is 66.5 Å². The minimum atomic E-state index is -3.09. The lowest BCUT2D eigenvalue weighted by molar-refractivity contribution is -0.130. The molecule has 2 rings (SSSR count). The van der Waals surface area contributed by atoms with Gasteiger partial charge in [0.15, 0.2) is 9.84 Å². The van der Waals surface area contributed by atoms with E-state index in [1.165, 1.54) is 0 Å². The van der Waals surface area contributed by atoms with Crippen LogP contribution >= 0.6 is 0 Å². The molecule has 5 nitrogen and oxygen atoms in total. The Morgan fingerprint density at radius 3 is 2.22 bits per heavy atom. The van der Waals surface area contributed by atoms with Gasteiger partial charge in [0.2, 0.25) is 5.91 Å². The van der Waals surface area contributed by atoms with Gasteiger partial charge in [-0.3, -0.25) is 4.79 Å². The minimum absolute atomic E-state index is 0.0488. The number of benzene rings is 1. The molecule has 6 heteroatoms. The molecular weight excluding hydrogens is 312 g/mol. The molecule has 0 saturated carbocycles. The number of amides is 1. The second-order valence-corrected chi connectivity index (χ2v) is 9.01. The maximum atomic E-state index is 12.3. The highest BCUT2D eigenvalue weighted by Gasteiger charge is 2.23. The number of nitrogens with zero attached hydrogens (tertiary/aromatic N) is 1. The normalized spacial score (nSPS) is 16.6. The maximum absolute atomic E-state index is 12.3. The van der Waals surface area contributed by atoms with Gasteiger partial charge in [0.25, 0.3) is 0 Å². The minimum Gasteiger partial charge on any atom is -0.374 e. The fourth-order valence-electron chi connectivity index (χ4n) is 2.62. The zero-order valence-corrected chi connectivity index (χ0v) is 14.9. The smallest absolute Gasteiger partial charge is 0.244 e. The van der Waals surface area contributed by atoms with Crippen LogP contribution in [0.25, 0.3) is 0 Å². The van der Waals surface area contributed by atoms with E-state index >= 15 is 0 Å². The zero-order valence-electron chi connectivity index (χ0n) is 14.1. The van der Waals surface area contributed by atoms with Gasteiger partial charge in [-0.1, -0.05) is 12.1 Å². The van der Waals surface area contributed by atoms with Crippen LogP contribution in [-0.4, -0.2) is 43.6 Å². The van der Waals surface area contributed by atoms with E-state index in [1.54, 1.807) is 26.0 Å². The van der Waals surface area contributed by atoms with Crippen LogP contribution in [0.15, 0.2) is 24.3 Å². The van der Waals surface area contributed by atoms with Crippen molar-refractivity contribution in [3.05, 3.63) is 29.8 Å². The number of carbonyl (C=O) groups is 1. The lowest BCUT2D eigenvalue weighted by Gasteiger charge is -2.22. The maximum Gasteiger partial charge on any atom is 0.244 e. The fourth-order valence-corrected chi connectivity index (χ4v) is 3.61. The van der Waals surface area contributed by atoms with Crippen LogP contribution < -0.4 is 5.32 Å². The van der Waals surface area contributed by atoms with Crippen LogP contribution in [0.4, 0.5) is 5.69 Å². The third kappa shape index (κ3) is 4.70. The number of hydrogen-bond acceptors (Lipinski definition) is 4. The molecule has 1 aromatic rings. The molecule has 0 radical (unpaired) electrons. The van der Waals surface area contributed by atoms with E-state index < -0.39 is 9.84 Å². The first-order valence-electron chi connectivity index (χ1n) is 8.15. The zero-order chi connectivity index (χ0) is 17.0. The Balaban J connectivity index is 1.95. The van der Waals surface area contributed by atoms with Gasteiger partial charge in [-0.2, -0.15) is 0 Å². The summed E-state index contributed by atoms with van der Waals surface area (Å²) >= 11 is 0. The molecule has 0 bridgehead atoms. The number of likely N-dealkylation sites (tertiary alicyclic amines) is 1. The summed E-state index contributed by atoms with van der Waals surface area (Å²) in [4.78, 5) is 14.2. The van der Waals surface area contributed by atoms with Gasteiger partial charge in [0.1, 0.15) is 6.04 Å². The second kappa shape index (κ2) is 7.34. The largest absolute Gasteiger partial charge is 0.374 e. The molecule has 1 N–H and O–H groups in total. The van der Waals surface area contributed by atoms with Gasteiger partial charge < -0.3 is 10.2 Å². The second-order valence-electron chi connectivity index (χ2n) is 6.45.